The molecule has 0 heterocycles. The molecule has 1 atom stereocenters. The van der Waals surface area contributed by atoms with Crippen LogP contribution in [-0.2, 0) is 16.0 Å². The highest BCUT2D eigenvalue weighted by molar-refractivity contribution is 5.86. The number of benzene rings is 1. The van der Waals surface area contributed by atoms with E-state index in [2.05, 4.69) is 19.2 Å². The lowest BCUT2D eigenvalue weighted by molar-refractivity contribution is -0.133. The van der Waals surface area contributed by atoms with Crippen molar-refractivity contribution in [2.45, 2.75) is 78.4 Å². The summed E-state index contributed by atoms with van der Waals surface area (Å²) in [6.07, 6.45) is 3.87. The molecule has 0 aliphatic heterocycles. The Balaban J connectivity index is 2.94. The Morgan fingerprint density at radius 3 is 2.07 bits per heavy atom. The molecule has 1 unspecified atom stereocenters. The van der Waals surface area contributed by atoms with E-state index < -0.39 is 17.7 Å². The van der Waals surface area contributed by atoms with E-state index >= 15 is 0 Å². The van der Waals surface area contributed by atoms with Gasteiger partial charge < -0.3 is 15.0 Å². The second kappa shape index (κ2) is 11.6. The van der Waals surface area contributed by atoms with E-state index in [-0.39, 0.29) is 5.91 Å². The Morgan fingerprint density at radius 1 is 1.04 bits per heavy atom. The van der Waals surface area contributed by atoms with Gasteiger partial charge in [-0.25, -0.2) is 4.79 Å². The third-order valence-electron chi connectivity index (χ3n) is 4.15. The highest BCUT2D eigenvalue weighted by Gasteiger charge is 2.28. The van der Waals surface area contributed by atoms with Crippen molar-refractivity contribution in [3.8, 4) is 0 Å². The monoisotopic (exact) mass is 376 g/mol. The molecule has 0 aliphatic carbocycles. The number of carbonyl (C=O) groups excluding carboxylic acids is 2. The number of carbonyl (C=O) groups is 2. The lowest BCUT2D eigenvalue weighted by atomic mass is 10.0. The molecule has 0 aliphatic rings. The molecule has 2 amide bonds. The van der Waals surface area contributed by atoms with E-state index in [1.54, 1.807) is 0 Å². The van der Waals surface area contributed by atoms with Crippen molar-refractivity contribution in [1.29, 1.82) is 0 Å². The predicted octanol–water partition coefficient (Wildman–Crippen LogP) is 4.55. The van der Waals surface area contributed by atoms with E-state index in [0.717, 1.165) is 44.3 Å². The average Bonchev–Trinajstić information content (AvgIpc) is 2.60. The Labute approximate surface area is 164 Å². The summed E-state index contributed by atoms with van der Waals surface area (Å²) in [5.41, 5.74) is 0.409. The maximum atomic E-state index is 13.2. The van der Waals surface area contributed by atoms with E-state index in [0.29, 0.717) is 6.42 Å². The van der Waals surface area contributed by atoms with Crippen LogP contribution in [0.2, 0.25) is 0 Å². The van der Waals surface area contributed by atoms with Crippen LogP contribution < -0.4 is 5.32 Å². The van der Waals surface area contributed by atoms with Gasteiger partial charge >= 0.3 is 6.09 Å². The third-order valence-corrected chi connectivity index (χ3v) is 4.15. The molecule has 1 rings (SSSR count). The number of rotatable bonds is 10. The molecule has 152 valence electrons. The average molecular weight is 377 g/mol. The first-order valence-corrected chi connectivity index (χ1v) is 10.1. The van der Waals surface area contributed by atoms with Crippen molar-refractivity contribution >= 4 is 12.0 Å². The Hall–Kier alpha value is -2.04. The van der Waals surface area contributed by atoms with Gasteiger partial charge in [0.1, 0.15) is 11.6 Å². The molecule has 1 aromatic rings. The first-order valence-electron chi connectivity index (χ1n) is 10.1. The van der Waals surface area contributed by atoms with Gasteiger partial charge in [0, 0.05) is 19.5 Å². The van der Waals surface area contributed by atoms with Crippen LogP contribution in [0, 0.1) is 0 Å². The molecule has 5 heteroatoms. The first kappa shape index (κ1) is 23.0. The minimum atomic E-state index is -0.629. The lowest BCUT2D eigenvalue weighted by Crippen LogP contribution is -2.51. The molecule has 27 heavy (non-hydrogen) atoms. The van der Waals surface area contributed by atoms with Gasteiger partial charge in [0.25, 0.3) is 0 Å². The topological polar surface area (TPSA) is 58.6 Å². The van der Waals surface area contributed by atoms with Gasteiger partial charge in [-0.2, -0.15) is 0 Å². The summed E-state index contributed by atoms with van der Waals surface area (Å²) in [7, 11) is 0. The largest absolute Gasteiger partial charge is 0.444 e. The van der Waals surface area contributed by atoms with Crippen LogP contribution >= 0.6 is 0 Å². The van der Waals surface area contributed by atoms with Crippen LogP contribution in [-0.4, -0.2) is 41.6 Å². The van der Waals surface area contributed by atoms with Crippen molar-refractivity contribution in [3.05, 3.63) is 35.9 Å². The molecule has 0 aromatic heterocycles. The number of unbranched alkanes of at least 4 members (excludes halogenated alkanes) is 2. The van der Waals surface area contributed by atoms with Crippen molar-refractivity contribution in [2.75, 3.05) is 13.1 Å². The fourth-order valence-corrected chi connectivity index (χ4v) is 2.75. The number of ether oxygens (including phenoxy) is 1. The molecular formula is C22H36N2O3. The van der Waals surface area contributed by atoms with E-state index in [4.69, 9.17) is 4.74 Å². The van der Waals surface area contributed by atoms with Gasteiger partial charge in [0.2, 0.25) is 5.91 Å². The fourth-order valence-electron chi connectivity index (χ4n) is 2.75. The number of hydrogen-bond donors (Lipinski definition) is 1. The van der Waals surface area contributed by atoms with Gasteiger partial charge in [-0.3, -0.25) is 4.79 Å². The van der Waals surface area contributed by atoms with Gasteiger partial charge in [-0.05, 0) is 39.2 Å². The minimum absolute atomic E-state index is 0.0355. The lowest BCUT2D eigenvalue weighted by Gasteiger charge is -2.29. The molecule has 0 spiro atoms. The zero-order valence-corrected chi connectivity index (χ0v) is 17.6. The molecule has 0 saturated carbocycles. The van der Waals surface area contributed by atoms with Crippen molar-refractivity contribution in [3.63, 3.8) is 0 Å². The molecule has 5 nitrogen and oxygen atoms in total. The second-order valence-corrected chi connectivity index (χ2v) is 7.92. The standard InChI is InChI=1S/C22H36N2O3/c1-6-8-15-24(16-9-7-2)20(25)19(17-18-13-11-10-12-14-18)23-21(26)27-22(3,4)5/h10-14,19H,6-9,15-17H2,1-5H3,(H,23,26). The molecule has 0 radical (unpaired) electrons. The summed E-state index contributed by atoms with van der Waals surface area (Å²) >= 11 is 0. The zero-order chi connectivity index (χ0) is 20.3. The fraction of sp³-hybridized carbons (Fsp3) is 0.636. The number of nitrogens with zero attached hydrogens (tertiary/aromatic N) is 1. The highest BCUT2D eigenvalue weighted by atomic mass is 16.6. The van der Waals surface area contributed by atoms with Crippen LogP contribution in [0.25, 0.3) is 0 Å². The molecule has 0 fully saturated rings. The first-order chi connectivity index (χ1) is 12.8. The molecule has 1 N–H and O–H groups in total. The van der Waals surface area contributed by atoms with Crippen LogP contribution in [0.4, 0.5) is 4.79 Å². The van der Waals surface area contributed by atoms with E-state index in [1.165, 1.54) is 0 Å². The summed E-state index contributed by atoms with van der Waals surface area (Å²) in [6, 6.07) is 9.14. The number of hydrogen-bond acceptors (Lipinski definition) is 3. The zero-order valence-electron chi connectivity index (χ0n) is 17.6. The van der Waals surface area contributed by atoms with Gasteiger partial charge in [0.15, 0.2) is 0 Å². The Bertz CT molecular complexity index is 559. The third kappa shape index (κ3) is 9.45. The summed E-state index contributed by atoms with van der Waals surface area (Å²) in [4.78, 5) is 27.4. The molecular weight excluding hydrogens is 340 g/mol. The normalized spacial score (nSPS) is 12.3. The molecule has 0 bridgehead atoms. The van der Waals surface area contributed by atoms with E-state index in [1.807, 2.05) is 56.0 Å². The van der Waals surface area contributed by atoms with Crippen LogP contribution in [0.1, 0.15) is 65.9 Å². The van der Waals surface area contributed by atoms with Crippen LogP contribution in [0.3, 0.4) is 0 Å². The Morgan fingerprint density at radius 2 is 1.59 bits per heavy atom. The number of amides is 2. The second-order valence-electron chi connectivity index (χ2n) is 7.92. The van der Waals surface area contributed by atoms with Crippen molar-refractivity contribution in [1.82, 2.24) is 10.2 Å². The number of nitrogens with one attached hydrogen (secondary N) is 1. The maximum absolute atomic E-state index is 13.2. The summed E-state index contributed by atoms with van der Waals surface area (Å²) in [5, 5.41) is 2.80. The number of alkyl carbamates (subject to hydrolysis) is 1. The minimum Gasteiger partial charge on any atom is -0.444 e. The van der Waals surface area contributed by atoms with Crippen LogP contribution in [0.5, 0.6) is 0 Å². The van der Waals surface area contributed by atoms with Crippen LogP contribution in [0.15, 0.2) is 30.3 Å². The predicted molar refractivity (Wildman–Crippen MR) is 110 cm³/mol. The maximum Gasteiger partial charge on any atom is 0.408 e. The summed E-state index contributed by atoms with van der Waals surface area (Å²) in [6.45, 7) is 11.1. The SMILES string of the molecule is CCCCN(CCCC)C(=O)C(Cc1ccccc1)NC(=O)OC(C)(C)C. The quantitative estimate of drug-likeness (QED) is 0.652. The van der Waals surface area contributed by atoms with Gasteiger partial charge in [-0.15, -0.1) is 0 Å². The molecule has 1 aromatic carbocycles. The summed E-state index contributed by atoms with van der Waals surface area (Å²) < 4.78 is 5.38. The summed E-state index contributed by atoms with van der Waals surface area (Å²) in [5.74, 6) is -0.0355. The van der Waals surface area contributed by atoms with Crippen molar-refractivity contribution < 1.29 is 14.3 Å². The van der Waals surface area contributed by atoms with E-state index in [9.17, 15) is 9.59 Å². The van der Waals surface area contributed by atoms with Gasteiger partial charge in [0.05, 0.1) is 0 Å². The smallest absolute Gasteiger partial charge is 0.408 e. The molecule has 0 saturated heterocycles. The Kier molecular flexibility index (Phi) is 9.90. The van der Waals surface area contributed by atoms with Gasteiger partial charge in [-0.1, -0.05) is 57.0 Å². The van der Waals surface area contributed by atoms with Crippen molar-refractivity contribution in [2.24, 2.45) is 0 Å². The highest BCUT2D eigenvalue weighted by Crippen LogP contribution is 2.11.